The van der Waals surface area contributed by atoms with Crippen LogP contribution in [0.4, 0.5) is 0 Å². The molecule has 0 radical (unpaired) electrons. The number of nitrogens with zero attached hydrogens (tertiary/aromatic N) is 1. The molecule has 0 bridgehead atoms. The van der Waals surface area contributed by atoms with Crippen molar-refractivity contribution in [3.8, 4) is 0 Å². The molecule has 2 atom stereocenters. The highest BCUT2D eigenvalue weighted by Gasteiger charge is 2.36. The highest BCUT2D eigenvalue weighted by Crippen LogP contribution is 2.30. The van der Waals surface area contributed by atoms with Gasteiger partial charge in [-0.15, -0.1) is 0 Å². The Hall–Kier alpha value is -0.120. The fourth-order valence-electron chi connectivity index (χ4n) is 3.35. The van der Waals surface area contributed by atoms with Crippen molar-refractivity contribution < 1.29 is 4.74 Å². The van der Waals surface area contributed by atoms with Crippen molar-refractivity contribution in [2.75, 3.05) is 33.9 Å². The maximum Gasteiger partial charge on any atom is 0.0645 e. The van der Waals surface area contributed by atoms with E-state index in [-0.39, 0.29) is 5.54 Å². The van der Waals surface area contributed by atoms with Crippen LogP contribution in [0.1, 0.15) is 38.5 Å². The van der Waals surface area contributed by atoms with Gasteiger partial charge in [-0.1, -0.05) is 6.42 Å². The molecular formula is C13H26N2O. The van der Waals surface area contributed by atoms with Crippen molar-refractivity contribution in [2.45, 2.75) is 50.1 Å². The van der Waals surface area contributed by atoms with Crippen LogP contribution in [0.3, 0.4) is 0 Å². The first-order chi connectivity index (χ1) is 7.76. The van der Waals surface area contributed by atoms with E-state index in [4.69, 9.17) is 4.74 Å². The molecule has 3 heteroatoms. The summed E-state index contributed by atoms with van der Waals surface area (Å²) in [7, 11) is 4.09. The lowest BCUT2D eigenvalue weighted by atomic mass is 9.83. The van der Waals surface area contributed by atoms with Gasteiger partial charge in [0.1, 0.15) is 0 Å². The van der Waals surface area contributed by atoms with Gasteiger partial charge in [0.05, 0.1) is 6.61 Å². The third-order valence-electron chi connectivity index (χ3n) is 4.30. The summed E-state index contributed by atoms with van der Waals surface area (Å²) in [5, 5.41) is 3.73. The number of methoxy groups -OCH3 is 1. The normalized spacial score (nSPS) is 36.8. The molecule has 2 aliphatic rings. The SMILES string of the molecule is COCC1(CC2CCCN2C)CCCCN1. The number of hydrogen-bond donors (Lipinski definition) is 1. The second kappa shape index (κ2) is 5.48. The van der Waals surface area contributed by atoms with Crippen LogP contribution in [0.5, 0.6) is 0 Å². The van der Waals surface area contributed by atoms with E-state index in [1.54, 1.807) is 0 Å². The molecule has 2 saturated heterocycles. The van der Waals surface area contributed by atoms with Crippen molar-refractivity contribution in [3.63, 3.8) is 0 Å². The highest BCUT2D eigenvalue weighted by molar-refractivity contribution is 4.96. The van der Waals surface area contributed by atoms with Gasteiger partial charge in [-0.2, -0.15) is 0 Å². The van der Waals surface area contributed by atoms with Gasteiger partial charge in [-0.25, -0.2) is 0 Å². The molecule has 0 aromatic heterocycles. The van der Waals surface area contributed by atoms with E-state index in [0.717, 1.165) is 12.6 Å². The Morgan fingerprint density at radius 2 is 2.25 bits per heavy atom. The Morgan fingerprint density at radius 1 is 1.38 bits per heavy atom. The average molecular weight is 226 g/mol. The quantitative estimate of drug-likeness (QED) is 0.788. The molecule has 0 saturated carbocycles. The number of likely N-dealkylation sites (tertiary alicyclic amines) is 1. The summed E-state index contributed by atoms with van der Waals surface area (Å²) in [5.41, 5.74) is 0.260. The topological polar surface area (TPSA) is 24.5 Å². The van der Waals surface area contributed by atoms with Crippen LogP contribution in [-0.2, 0) is 4.74 Å². The Labute approximate surface area is 99.5 Å². The number of piperidine rings is 1. The zero-order valence-corrected chi connectivity index (χ0v) is 10.8. The highest BCUT2D eigenvalue weighted by atomic mass is 16.5. The molecule has 94 valence electrons. The Kier molecular flexibility index (Phi) is 4.22. The van der Waals surface area contributed by atoms with E-state index in [2.05, 4.69) is 17.3 Å². The second-order valence-corrected chi connectivity index (χ2v) is 5.58. The van der Waals surface area contributed by atoms with Crippen molar-refractivity contribution in [2.24, 2.45) is 0 Å². The summed E-state index contributed by atoms with van der Waals surface area (Å²) in [6, 6.07) is 0.765. The fraction of sp³-hybridized carbons (Fsp3) is 1.00. The minimum Gasteiger partial charge on any atom is -0.383 e. The Balaban J connectivity index is 1.95. The lowest BCUT2D eigenvalue weighted by Crippen LogP contribution is -2.54. The lowest BCUT2D eigenvalue weighted by Gasteiger charge is -2.41. The van der Waals surface area contributed by atoms with E-state index < -0.39 is 0 Å². The van der Waals surface area contributed by atoms with Gasteiger partial charge in [0.15, 0.2) is 0 Å². The molecule has 1 N–H and O–H groups in total. The average Bonchev–Trinajstić information content (AvgIpc) is 2.66. The third-order valence-corrected chi connectivity index (χ3v) is 4.30. The predicted octanol–water partition coefficient (Wildman–Crippen LogP) is 1.63. The predicted molar refractivity (Wildman–Crippen MR) is 66.7 cm³/mol. The molecule has 0 amide bonds. The van der Waals surface area contributed by atoms with Gasteiger partial charge >= 0.3 is 0 Å². The van der Waals surface area contributed by atoms with E-state index in [0.29, 0.717) is 0 Å². The van der Waals surface area contributed by atoms with Crippen LogP contribution in [0.25, 0.3) is 0 Å². The molecule has 0 spiro atoms. The molecule has 2 aliphatic heterocycles. The van der Waals surface area contributed by atoms with Gasteiger partial charge in [0, 0.05) is 18.7 Å². The minimum absolute atomic E-state index is 0.260. The molecule has 0 aromatic carbocycles. The number of ether oxygens (including phenoxy) is 1. The first kappa shape index (κ1) is 12.3. The van der Waals surface area contributed by atoms with E-state index >= 15 is 0 Å². The molecule has 0 aliphatic carbocycles. The van der Waals surface area contributed by atoms with E-state index in [9.17, 15) is 0 Å². The van der Waals surface area contributed by atoms with Crippen LogP contribution in [-0.4, -0.2) is 50.3 Å². The van der Waals surface area contributed by atoms with Crippen molar-refractivity contribution >= 4 is 0 Å². The second-order valence-electron chi connectivity index (χ2n) is 5.58. The molecule has 2 heterocycles. The third kappa shape index (κ3) is 2.76. The van der Waals surface area contributed by atoms with Gasteiger partial charge in [-0.3, -0.25) is 0 Å². The smallest absolute Gasteiger partial charge is 0.0645 e. The maximum atomic E-state index is 5.45. The number of rotatable bonds is 4. The monoisotopic (exact) mass is 226 g/mol. The van der Waals surface area contributed by atoms with Crippen LogP contribution >= 0.6 is 0 Å². The van der Waals surface area contributed by atoms with Crippen LogP contribution in [0, 0.1) is 0 Å². The van der Waals surface area contributed by atoms with Crippen molar-refractivity contribution in [1.29, 1.82) is 0 Å². The van der Waals surface area contributed by atoms with Crippen molar-refractivity contribution in [3.05, 3.63) is 0 Å². The lowest BCUT2D eigenvalue weighted by molar-refractivity contribution is 0.0668. The zero-order chi connectivity index (χ0) is 11.4. The Bertz CT molecular complexity index is 208. The fourth-order valence-corrected chi connectivity index (χ4v) is 3.35. The summed E-state index contributed by atoms with van der Waals surface area (Å²) < 4.78 is 5.45. The van der Waals surface area contributed by atoms with Gasteiger partial charge in [0.25, 0.3) is 0 Å². The van der Waals surface area contributed by atoms with Gasteiger partial charge in [0.2, 0.25) is 0 Å². The molecule has 16 heavy (non-hydrogen) atoms. The maximum absolute atomic E-state index is 5.45. The molecule has 2 unspecified atom stereocenters. The summed E-state index contributed by atoms with van der Waals surface area (Å²) in [6.45, 7) is 3.31. The molecular weight excluding hydrogens is 200 g/mol. The molecule has 3 nitrogen and oxygen atoms in total. The molecule has 2 rings (SSSR count). The largest absolute Gasteiger partial charge is 0.383 e. The molecule has 0 aromatic rings. The van der Waals surface area contributed by atoms with Gasteiger partial charge in [-0.05, 0) is 52.2 Å². The summed E-state index contributed by atoms with van der Waals surface area (Å²) >= 11 is 0. The summed E-state index contributed by atoms with van der Waals surface area (Å²) in [6.07, 6.45) is 7.95. The van der Waals surface area contributed by atoms with E-state index in [1.807, 2.05) is 7.11 Å². The summed E-state index contributed by atoms with van der Waals surface area (Å²) in [5.74, 6) is 0. The standard InChI is InChI=1S/C13H26N2O/c1-15-9-5-6-12(15)10-13(11-16-2)7-3-4-8-14-13/h12,14H,3-11H2,1-2H3. The summed E-state index contributed by atoms with van der Waals surface area (Å²) in [4.78, 5) is 2.52. The first-order valence-electron chi connectivity index (χ1n) is 6.70. The number of nitrogens with one attached hydrogen (secondary N) is 1. The van der Waals surface area contributed by atoms with Crippen molar-refractivity contribution in [1.82, 2.24) is 10.2 Å². The zero-order valence-electron chi connectivity index (χ0n) is 10.8. The van der Waals surface area contributed by atoms with Gasteiger partial charge < -0.3 is 15.0 Å². The Morgan fingerprint density at radius 3 is 2.81 bits per heavy atom. The van der Waals surface area contributed by atoms with Crippen LogP contribution in [0.15, 0.2) is 0 Å². The number of hydrogen-bond acceptors (Lipinski definition) is 3. The minimum atomic E-state index is 0.260. The first-order valence-corrected chi connectivity index (χ1v) is 6.70. The van der Waals surface area contributed by atoms with Crippen LogP contribution < -0.4 is 5.32 Å². The van der Waals surface area contributed by atoms with E-state index in [1.165, 1.54) is 51.6 Å². The molecule has 2 fully saturated rings. The van der Waals surface area contributed by atoms with Crippen LogP contribution in [0.2, 0.25) is 0 Å².